The Labute approximate surface area is 120 Å². The molecule has 0 aliphatic heterocycles. The van der Waals surface area contributed by atoms with Crippen molar-refractivity contribution in [3.63, 3.8) is 0 Å². The van der Waals surface area contributed by atoms with Gasteiger partial charge >= 0.3 is 0 Å². The predicted molar refractivity (Wildman–Crippen MR) is 75.1 cm³/mol. The number of nitrogen functional groups attached to an aromatic ring is 1. The Balaban J connectivity index is 0.00000200. The number of nitrogens with zero attached hydrogens (tertiary/aromatic N) is 1. The van der Waals surface area contributed by atoms with E-state index in [1.807, 2.05) is 0 Å². The highest BCUT2D eigenvalue weighted by Gasteiger charge is 2.21. The van der Waals surface area contributed by atoms with Crippen LogP contribution in [0, 0.1) is 0 Å². The molecule has 1 aliphatic carbocycles. The first-order valence-corrected chi connectivity index (χ1v) is 5.48. The number of anilines is 1. The fourth-order valence-corrected chi connectivity index (χ4v) is 2.72. The van der Waals surface area contributed by atoms with E-state index in [1.165, 1.54) is 11.3 Å². The lowest BCUT2D eigenvalue weighted by molar-refractivity contribution is 0.460. The van der Waals surface area contributed by atoms with E-state index in [2.05, 4.69) is 10.3 Å². The molecule has 0 aromatic carbocycles. The molecule has 3 N–H and O–H groups in total. The summed E-state index contributed by atoms with van der Waals surface area (Å²) in [5.74, 6) is 0. The first-order chi connectivity index (χ1) is 8.69. The lowest BCUT2D eigenvalue weighted by atomic mass is 9.98. The van der Waals surface area contributed by atoms with Gasteiger partial charge in [0.1, 0.15) is 0 Å². The molecule has 0 amide bonds. The molecule has 94 valence electrons. The molecule has 0 radical (unpaired) electrons. The maximum absolute atomic E-state index is 7.56. The molecule has 0 spiro atoms. The van der Waals surface area contributed by atoms with E-state index in [1.54, 1.807) is 0 Å². The van der Waals surface area contributed by atoms with Gasteiger partial charge in [-0.1, -0.05) is 6.85 Å². The molecule has 1 aromatic rings. The highest BCUT2D eigenvalue weighted by molar-refractivity contribution is 7.15. The third-order valence-corrected chi connectivity index (χ3v) is 3.38. The van der Waals surface area contributed by atoms with Crippen molar-refractivity contribution >= 4 is 41.3 Å². The zero-order chi connectivity index (χ0) is 14.3. The Hall–Kier alpha value is -0.0300. The van der Waals surface area contributed by atoms with Gasteiger partial charge in [-0.3, -0.25) is 0 Å². The van der Waals surface area contributed by atoms with Crippen molar-refractivity contribution in [2.45, 2.75) is 38.5 Å². The van der Waals surface area contributed by atoms with Crippen LogP contribution in [0.2, 0.25) is 0 Å². The summed E-state index contributed by atoms with van der Waals surface area (Å²) in [6.45, 7) is -2.77. The van der Waals surface area contributed by atoms with Gasteiger partial charge in [0.15, 0.2) is 5.13 Å². The van der Waals surface area contributed by atoms with Crippen LogP contribution in [-0.4, -0.2) is 17.6 Å². The van der Waals surface area contributed by atoms with Gasteiger partial charge in [0.2, 0.25) is 0 Å². The molecule has 16 heavy (non-hydrogen) atoms. The largest absolute Gasteiger partial charge is 0.375 e. The van der Waals surface area contributed by atoms with Gasteiger partial charge in [-0.25, -0.2) is 4.98 Å². The molecule has 1 aromatic heterocycles. The van der Waals surface area contributed by atoms with E-state index < -0.39 is 13.2 Å². The summed E-state index contributed by atoms with van der Waals surface area (Å²) in [4.78, 5) is 5.36. The number of rotatable bonds is 3. The molecule has 0 saturated heterocycles. The van der Waals surface area contributed by atoms with E-state index >= 15 is 0 Å². The summed E-state index contributed by atoms with van der Waals surface area (Å²) in [7, 11) is 0. The van der Waals surface area contributed by atoms with Crippen molar-refractivity contribution in [1.29, 1.82) is 0 Å². The fourth-order valence-electron chi connectivity index (χ4n) is 1.76. The lowest BCUT2D eigenvalue weighted by Gasteiger charge is -2.21. The normalized spacial score (nSPS) is 24.5. The number of hydrogen-bond acceptors (Lipinski definition) is 4. The van der Waals surface area contributed by atoms with Crippen molar-refractivity contribution in [3.05, 3.63) is 10.6 Å². The molecule has 1 heterocycles. The number of hydrogen-bond donors (Lipinski definition) is 2. The minimum atomic E-state index is -2.60. The van der Waals surface area contributed by atoms with Crippen LogP contribution in [-0.2, 0) is 12.8 Å². The summed E-state index contributed by atoms with van der Waals surface area (Å²) in [5, 5.41) is 3.58. The molecule has 1 atom stereocenters. The summed E-state index contributed by atoms with van der Waals surface area (Å²) < 4.78 is 36.6. The van der Waals surface area contributed by atoms with E-state index in [0.29, 0.717) is 5.13 Å². The van der Waals surface area contributed by atoms with Crippen molar-refractivity contribution < 1.29 is 6.85 Å². The summed E-state index contributed by atoms with van der Waals surface area (Å²) in [6.07, 6.45) is 0.159. The van der Waals surface area contributed by atoms with E-state index in [-0.39, 0.29) is 37.4 Å². The van der Waals surface area contributed by atoms with Crippen molar-refractivity contribution in [2.24, 2.45) is 0 Å². The SMILES string of the molecule is Cl.Cl.[2H]C([2H])([2H])C([2H])([2H])CNC1CCc2nc(N)sc2C1. The highest BCUT2D eigenvalue weighted by atomic mass is 35.5. The maximum Gasteiger partial charge on any atom is 0.180 e. The standard InChI is InChI=1S/C10H17N3S.2ClH/c1-2-5-12-7-3-4-8-9(6-7)14-10(11)13-8;;/h7,12H,2-6H2,1H3,(H2,11,13);2*1H/i1D3,2D2;;. The van der Waals surface area contributed by atoms with Crippen LogP contribution in [0.3, 0.4) is 0 Å². The first-order valence-electron chi connectivity index (χ1n) is 7.16. The molecule has 0 bridgehead atoms. The lowest BCUT2D eigenvalue weighted by Crippen LogP contribution is -2.34. The highest BCUT2D eigenvalue weighted by Crippen LogP contribution is 2.27. The zero-order valence-corrected chi connectivity index (χ0v) is 11.1. The molecule has 3 nitrogen and oxygen atoms in total. The minimum absolute atomic E-state index is 0. The maximum atomic E-state index is 7.56. The monoisotopic (exact) mass is 288 g/mol. The Morgan fingerprint density at radius 3 is 3.25 bits per heavy atom. The van der Waals surface area contributed by atoms with Gasteiger partial charge in [-0.05, 0) is 32.2 Å². The van der Waals surface area contributed by atoms with Gasteiger partial charge in [0.25, 0.3) is 0 Å². The molecule has 0 saturated carbocycles. The number of fused-ring (bicyclic) bond motifs is 1. The Bertz CT molecular complexity index is 466. The Morgan fingerprint density at radius 1 is 1.69 bits per heavy atom. The van der Waals surface area contributed by atoms with E-state index in [9.17, 15) is 0 Å². The fraction of sp³-hybridized carbons (Fsp3) is 0.700. The predicted octanol–water partition coefficient (Wildman–Crippen LogP) is 2.43. The molecule has 1 unspecified atom stereocenters. The molecular formula is C10H19Cl2N3S. The zero-order valence-electron chi connectivity index (χ0n) is 13.7. The molecule has 1 aliphatic rings. The molecule has 2 rings (SSSR count). The number of nitrogens with two attached hydrogens (primary N) is 1. The topological polar surface area (TPSA) is 50.9 Å². The smallest absolute Gasteiger partial charge is 0.180 e. The third kappa shape index (κ3) is 3.77. The van der Waals surface area contributed by atoms with Crippen molar-refractivity contribution in [1.82, 2.24) is 10.3 Å². The first kappa shape index (κ1) is 8.97. The van der Waals surface area contributed by atoms with Gasteiger partial charge in [-0.15, -0.1) is 36.2 Å². The molecule has 0 fully saturated rings. The summed E-state index contributed by atoms with van der Waals surface area (Å²) in [5.41, 5.74) is 6.68. The molecule has 6 heteroatoms. The number of nitrogens with one attached hydrogen (secondary N) is 1. The second kappa shape index (κ2) is 7.33. The second-order valence-corrected chi connectivity index (χ2v) is 4.53. The molecular weight excluding hydrogens is 265 g/mol. The van der Waals surface area contributed by atoms with E-state index in [0.717, 1.165) is 29.8 Å². The van der Waals surface area contributed by atoms with Crippen LogP contribution in [0.25, 0.3) is 0 Å². The van der Waals surface area contributed by atoms with Crippen molar-refractivity contribution in [2.75, 3.05) is 12.3 Å². The quantitative estimate of drug-likeness (QED) is 0.898. The van der Waals surface area contributed by atoms with Gasteiger partial charge in [0.05, 0.1) is 5.69 Å². The number of thiazole rings is 1. The van der Waals surface area contributed by atoms with Crippen molar-refractivity contribution in [3.8, 4) is 0 Å². The Morgan fingerprint density at radius 2 is 2.50 bits per heavy atom. The van der Waals surface area contributed by atoms with Crippen LogP contribution in [0.1, 0.15) is 37.1 Å². The average Bonchev–Trinajstić information content (AvgIpc) is 2.64. The number of halogens is 2. The van der Waals surface area contributed by atoms with E-state index in [4.69, 9.17) is 12.6 Å². The second-order valence-electron chi connectivity index (χ2n) is 3.42. The number of aromatic nitrogens is 1. The van der Waals surface area contributed by atoms with Crippen LogP contribution >= 0.6 is 36.2 Å². The Kier molecular flexibility index (Phi) is 4.11. The van der Waals surface area contributed by atoms with Crippen LogP contribution < -0.4 is 11.1 Å². The summed E-state index contributed by atoms with van der Waals surface area (Å²) >= 11 is 1.45. The average molecular weight is 289 g/mol. The van der Waals surface area contributed by atoms with Gasteiger partial charge in [-0.2, -0.15) is 0 Å². The van der Waals surface area contributed by atoms with Gasteiger partial charge in [0, 0.05) is 17.8 Å². The third-order valence-electron chi connectivity index (χ3n) is 2.44. The van der Waals surface area contributed by atoms with Crippen LogP contribution in [0.5, 0.6) is 0 Å². The number of aryl methyl sites for hydroxylation is 1. The van der Waals surface area contributed by atoms with Crippen LogP contribution in [0.4, 0.5) is 5.13 Å². The summed E-state index contributed by atoms with van der Waals surface area (Å²) in [6, 6.07) is 0.0878. The van der Waals surface area contributed by atoms with Crippen LogP contribution in [0.15, 0.2) is 0 Å². The van der Waals surface area contributed by atoms with Gasteiger partial charge < -0.3 is 11.1 Å². The minimum Gasteiger partial charge on any atom is -0.375 e.